The van der Waals surface area contributed by atoms with Crippen molar-refractivity contribution in [1.29, 1.82) is 0 Å². The molecular weight excluding hydrogens is 402 g/mol. The lowest BCUT2D eigenvalue weighted by Gasteiger charge is -2.32. The van der Waals surface area contributed by atoms with Gasteiger partial charge in [-0.1, -0.05) is 23.7 Å². The summed E-state index contributed by atoms with van der Waals surface area (Å²) < 4.78 is 2.20. The number of aromatic amines is 1. The van der Waals surface area contributed by atoms with Crippen molar-refractivity contribution in [2.45, 2.75) is 25.3 Å². The van der Waals surface area contributed by atoms with Gasteiger partial charge >= 0.3 is 0 Å². The molecule has 0 unspecified atom stereocenters. The number of thiazole rings is 1. The van der Waals surface area contributed by atoms with Gasteiger partial charge in [0.25, 0.3) is 0 Å². The fourth-order valence-corrected chi connectivity index (χ4v) is 4.98. The topological polar surface area (TPSA) is 49.7 Å². The maximum atomic E-state index is 6.06. The molecule has 0 aliphatic carbocycles. The van der Waals surface area contributed by atoms with Crippen molar-refractivity contribution in [1.82, 2.24) is 24.6 Å². The van der Waals surface area contributed by atoms with Crippen molar-refractivity contribution >= 4 is 22.9 Å². The molecule has 7 heteroatoms. The van der Waals surface area contributed by atoms with Gasteiger partial charge in [0.1, 0.15) is 0 Å². The van der Waals surface area contributed by atoms with Crippen LogP contribution in [-0.2, 0) is 6.54 Å². The fraction of sp³-hybridized carbons (Fsp3) is 0.273. The van der Waals surface area contributed by atoms with Crippen LogP contribution in [0.25, 0.3) is 16.3 Å². The standard InChI is InChI=1S/C22H22ClN5S/c23-18-7-5-16(6-8-18)20-13-25-26-21(20)17-3-1-10-27(14-17)15-19-4-2-11-28(19)22-24-9-12-29-22/h2,4-9,11-13,17H,1,3,10,14-15H2,(H,25,26)/t17-/m1/s1. The minimum atomic E-state index is 0.445. The zero-order chi connectivity index (χ0) is 19.6. The van der Waals surface area contributed by atoms with Crippen LogP contribution in [0.5, 0.6) is 0 Å². The number of aromatic nitrogens is 4. The van der Waals surface area contributed by atoms with Gasteiger partial charge in [-0.25, -0.2) is 4.98 Å². The summed E-state index contributed by atoms with van der Waals surface area (Å²) in [5.41, 5.74) is 4.85. The Labute approximate surface area is 179 Å². The minimum absolute atomic E-state index is 0.445. The van der Waals surface area contributed by atoms with Crippen molar-refractivity contribution in [3.63, 3.8) is 0 Å². The van der Waals surface area contributed by atoms with Crippen LogP contribution < -0.4 is 0 Å². The highest BCUT2D eigenvalue weighted by Crippen LogP contribution is 2.34. The van der Waals surface area contributed by atoms with Gasteiger partial charge in [-0.15, -0.1) is 11.3 Å². The lowest BCUT2D eigenvalue weighted by Crippen LogP contribution is -2.34. The summed E-state index contributed by atoms with van der Waals surface area (Å²) in [6.07, 6.45) is 8.25. The monoisotopic (exact) mass is 423 g/mol. The summed E-state index contributed by atoms with van der Waals surface area (Å²) in [6.45, 7) is 3.06. The average molecular weight is 424 g/mol. The lowest BCUT2D eigenvalue weighted by molar-refractivity contribution is 0.196. The van der Waals surface area contributed by atoms with E-state index in [-0.39, 0.29) is 0 Å². The Morgan fingerprint density at radius 2 is 2.10 bits per heavy atom. The van der Waals surface area contributed by atoms with Crippen LogP contribution >= 0.6 is 22.9 Å². The van der Waals surface area contributed by atoms with Gasteiger partial charge < -0.3 is 0 Å². The number of hydrogen-bond acceptors (Lipinski definition) is 4. The molecule has 4 heterocycles. The number of halogens is 1. The van der Waals surface area contributed by atoms with E-state index in [4.69, 9.17) is 11.6 Å². The molecule has 0 bridgehead atoms. The Morgan fingerprint density at radius 3 is 2.93 bits per heavy atom. The number of hydrogen-bond donors (Lipinski definition) is 1. The first-order valence-corrected chi connectivity index (χ1v) is 11.1. The van der Waals surface area contributed by atoms with Crippen LogP contribution in [0.1, 0.15) is 30.1 Å². The SMILES string of the molecule is Clc1ccc(-c2cn[nH]c2[C@@H]2CCCN(Cc3cccn3-c3nccs3)C2)cc1. The van der Waals surface area contributed by atoms with Crippen LogP contribution in [0.4, 0.5) is 0 Å². The first kappa shape index (κ1) is 18.6. The normalized spacial score (nSPS) is 17.6. The molecule has 1 atom stereocenters. The summed E-state index contributed by atoms with van der Waals surface area (Å²) >= 11 is 7.73. The molecule has 5 nitrogen and oxygen atoms in total. The third-order valence-corrected chi connectivity index (χ3v) is 6.60. The average Bonchev–Trinajstić information content (AvgIpc) is 3.50. The smallest absolute Gasteiger partial charge is 0.193 e. The lowest BCUT2D eigenvalue weighted by atomic mass is 9.90. The number of nitrogens with one attached hydrogen (secondary N) is 1. The Hall–Kier alpha value is -2.41. The third-order valence-electron chi connectivity index (χ3n) is 5.58. The molecule has 4 aromatic rings. The van der Waals surface area contributed by atoms with E-state index < -0.39 is 0 Å². The predicted octanol–water partition coefficient (Wildman–Crippen LogP) is 5.36. The molecule has 0 spiro atoms. The highest BCUT2D eigenvalue weighted by Gasteiger charge is 2.25. The quantitative estimate of drug-likeness (QED) is 0.470. The molecule has 1 aromatic carbocycles. The number of benzene rings is 1. The van der Waals surface area contributed by atoms with Crippen molar-refractivity contribution in [2.75, 3.05) is 13.1 Å². The largest absolute Gasteiger partial charge is 0.297 e. The van der Waals surface area contributed by atoms with Gasteiger partial charge in [-0.05, 0) is 49.2 Å². The van der Waals surface area contributed by atoms with Crippen molar-refractivity contribution < 1.29 is 0 Å². The van der Waals surface area contributed by atoms with Crippen LogP contribution in [0.15, 0.2) is 60.4 Å². The molecular formula is C22H22ClN5S. The number of H-pyrrole nitrogens is 1. The van der Waals surface area contributed by atoms with Gasteiger partial charge in [0.05, 0.1) is 6.20 Å². The summed E-state index contributed by atoms with van der Waals surface area (Å²) in [5, 5.41) is 11.4. The Balaban J connectivity index is 1.34. The summed E-state index contributed by atoms with van der Waals surface area (Å²) in [6, 6.07) is 12.3. The molecule has 1 N–H and O–H groups in total. The molecule has 1 fully saturated rings. The molecule has 1 aliphatic heterocycles. The van der Waals surface area contributed by atoms with Crippen molar-refractivity contribution in [3.05, 3.63) is 76.8 Å². The highest BCUT2D eigenvalue weighted by atomic mass is 35.5. The molecule has 29 heavy (non-hydrogen) atoms. The van der Waals surface area contributed by atoms with E-state index >= 15 is 0 Å². The number of piperidine rings is 1. The molecule has 5 rings (SSSR count). The zero-order valence-corrected chi connectivity index (χ0v) is 17.5. The second kappa shape index (κ2) is 8.14. The van der Waals surface area contributed by atoms with E-state index in [0.29, 0.717) is 5.92 Å². The molecule has 3 aromatic heterocycles. The van der Waals surface area contributed by atoms with E-state index in [9.17, 15) is 0 Å². The molecule has 0 amide bonds. The second-order valence-electron chi connectivity index (χ2n) is 7.46. The Bertz CT molecular complexity index is 1070. The number of likely N-dealkylation sites (tertiary alicyclic amines) is 1. The van der Waals surface area contributed by atoms with Gasteiger partial charge in [0.2, 0.25) is 0 Å². The summed E-state index contributed by atoms with van der Waals surface area (Å²) in [4.78, 5) is 7.00. The van der Waals surface area contributed by atoms with Crippen LogP contribution in [-0.4, -0.2) is 37.7 Å². The number of nitrogens with zero attached hydrogens (tertiary/aromatic N) is 4. The highest BCUT2D eigenvalue weighted by molar-refractivity contribution is 7.12. The van der Waals surface area contributed by atoms with E-state index in [2.05, 4.69) is 55.1 Å². The maximum Gasteiger partial charge on any atom is 0.193 e. The number of rotatable bonds is 5. The molecule has 1 saturated heterocycles. The van der Waals surface area contributed by atoms with Crippen LogP contribution in [0, 0.1) is 0 Å². The van der Waals surface area contributed by atoms with E-state index in [1.54, 1.807) is 11.3 Å². The maximum absolute atomic E-state index is 6.06. The van der Waals surface area contributed by atoms with E-state index in [1.165, 1.54) is 29.8 Å². The van der Waals surface area contributed by atoms with E-state index in [1.807, 2.05) is 29.9 Å². The van der Waals surface area contributed by atoms with Gasteiger partial charge in [-0.3, -0.25) is 14.6 Å². The zero-order valence-electron chi connectivity index (χ0n) is 16.0. The first-order chi connectivity index (χ1) is 14.3. The van der Waals surface area contributed by atoms with Crippen molar-refractivity contribution in [2.24, 2.45) is 0 Å². The van der Waals surface area contributed by atoms with Gasteiger partial charge in [0, 0.05) is 58.8 Å². The van der Waals surface area contributed by atoms with Crippen molar-refractivity contribution in [3.8, 4) is 16.3 Å². The molecule has 0 radical (unpaired) electrons. The van der Waals surface area contributed by atoms with E-state index in [0.717, 1.165) is 35.4 Å². The Morgan fingerprint density at radius 1 is 1.21 bits per heavy atom. The minimum Gasteiger partial charge on any atom is -0.297 e. The first-order valence-electron chi connectivity index (χ1n) is 9.85. The van der Waals surface area contributed by atoms with Gasteiger partial charge in [0.15, 0.2) is 5.13 Å². The summed E-state index contributed by atoms with van der Waals surface area (Å²) in [7, 11) is 0. The summed E-state index contributed by atoms with van der Waals surface area (Å²) in [5.74, 6) is 0.445. The second-order valence-corrected chi connectivity index (χ2v) is 8.77. The molecule has 0 saturated carbocycles. The van der Waals surface area contributed by atoms with Gasteiger partial charge in [-0.2, -0.15) is 5.10 Å². The fourth-order valence-electron chi connectivity index (χ4n) is 4.20. The Kier molecular flexibility index (Phi) is 5.23. The third kappa shape index (κ3) is 3.88. The predicted molar refractivity (Wildman–Crippen MR) is 118 cm³/mol. The van der Waals surface area contributed by atoms with Crippen LogP contribution in [0.3, 0.4) is 0 Å². The molecule has 1 aliphatic rings. The molecule has 148 valence electrons. The van der Waals surface area contributed by atoms with Crippen LogP contribution in [0.2, 0.25) is 5.02 Å².